The minimum atomic E-state index is -0.297. The number of anilines is 1. The highest BCUT2D eigenvalue weighted by Crippen LogP contribution is 2.20. The number of hydrogen-bond acceptors (Lipinski definition) is 3. The normalized spacial score (nSPS) is 11.9. The molecular formula is C24H22FN3O2. The summed E-state index contributed by atoms with van der Waals surface area (Å²) >= 11 is 0. The number of nitrogens with zero attached hydrogens (tertiary/aromatic N) is 2. The zero-order valence-electron chi connectivity index (χ0n) is 16.6. The lowest BCUT2D eigenvalue weighted by molar-refractivity contribution is -0.119. The van der Waals surface area contributed by atoms with Gasteiger partial charge in [0.05, 0.1) is 5.69 Å². The molecule has 0 fully saturated rings. The van der Waals surface area contributed by atoms with Crippen LogP contribution in [0.15, 0.2) is 79.1 Å². The Hall–Kier alpha value is -3.67. The molecule has 152 valence electrons. The van der Waals surface area contributed by atoms with E-state index in [-0.39, 0.29) is 17.6 Å². The van der Waals surface area contributed by atoms with E-state index in [0.717, 1.165) is 16.9 Å². The van der Waals surface area contributed by atoms with E-state index in [1.807, 2.05) is 66.2 Å². The van der Waals surface area contributed by atoms with Gasteiger partial charge in [0.15, 0.2) is 0 Å². The minimum absolute atomic E-state index is 0.128. The summed E-state index contributed by atoms with van der Waals surface area (Å²) in [4.78, 5) is 17.0. The van der Waals surface area contributed by atoms with Crippen molar-refractivity contribution in [2.24, 2.45) is 5.92 Å². The average Bonchev–Trinajstić information content (AvgIpc) is 3.15. The van der Waals surface area contributed by atoms with Gasteiger partial charge in [0.1, 0.15) is 23.8 Å². The summed E-state index contributed by atoms with van der Waals surface area (Å²) in [6, 6.07) is 19.4. The van der Waals surface area contributed by atoms with E-state index in [1.54, 1.807) is 12.1 Å². The van der Waals surface area contributed by atoms with Gasteiger partial charge < -0.3 is 14.5 Å². The van der Waals surface area contributed by atoms with Gasteiger partial charge >= 0.3 is 0 Å². The van der Waals surface area contributed by atoms with Crippen LogP contribution in [0, 0.1) is 11.7 Å². The molecule has 0 saturated heterocycles. The molecule has 1 amide bonds. The van der Waals surface area contributed by atoms with Gasteiger partial charge in [-0.2, -0.15) is 0 Å². The number of halogens is 1. The lowest BCUT2D eigenvalue weighted by Gasteiger charge is -2.13. The molecule has 6 heteroatoms. The van der Waals surface area contributed by atoms with Crippen molar-refractivity contribution in [3.8, 4) is 5.75 Å². The van der Waals surface area contributed by atoms with E-state index in [0.29, 0.717) is 24.5 Å². The SMILES string of the molecule is CC(Cc1cccc(F)c1)C(=O)Nc1cccc(OCc2cn3ccccc3n2)c1. The fraction of sp³-hybridized carbons (Fsp3) is 0.167. The van der Waals surface area contributed by atoms with Crippen molar-refractivity contribution < 1.29 is 13.9 Å². The molecule has 0 bridgehead atoms. The van der Waals surface area contributed by atoms with Crippen molar-refractivity contribution in [2.45, 2.75) is 20.0 Å². The Morgan fingerprint density at radius 1 is 1.13 bits per heavy atom. The number of rotatable bonds is 7. The number of aromatic nitrogens is 2. The Morgan fingerprint density at radius 3 is 2.83 bits per heavy atom. The van der Waals surface area contributed by atoms with E-state index in [1.165, 1.54) is 12.1 Å². The first-order chi connectivity index (χ1) is 14.6. The van der Waals surface area contributed by atoms with Crippen molar-refractivity contribution >= 4 is 17.2 Å². The average molecular weight is 403 g/mol. The molecule has 2 aromatic carbocycles. The monoisotopic (exact) mass is 403 g/mol. The van der Waals surface area contributed by atoms with Gasteiger partial charge in [0, 0.05) is 30.1 Å². The van der Waals surface area contributed by atoms with Crippen LogP contribution >= 0.6 is 0 Å². The van der Waals surface area contributed by atoms with Crippen LogP contribution in [0.3, 0.4) is 0 Å². The molecule has 2 aromatic heterocycles. The Balaban J connectivity index is 1.36. The number of pyridine rings is 1. The molecule has 5 nitrogen and oxygen atoms in total. The van der Waals surface area contributed by atoms with Gasteiger partial charge in [-0.3, -0.25) is 4.79 Å². The maximum atomic E-state index is 13.3. The quantitative estimate of drug-likeness (QED) is 0.479. The summed E-state index contributed by atoms with van der Waals surface area (Å²) in [5.74, 6) is -0.0793. The number of imidazole rings is 1. The van der Waals surface area contributed by atoms with E-state index >= 15 is 0 Å². The number of ether oxygens (including phenoxy) is 1. The van der Waals surface area contributed by atoms with Crippen LogP contribution in [0.25, 0.3) is 5.65 Å². The molecule has 30 heavy (non-hydrogen) atoms. The molecule has 1 unspecified atom stereocenters. The standard InChI is InChI=1S/C24H22FN3O2/c1-17(12-18-6-4-7-19(25)13-18)24(29)27-20-8-5-9-22(14-20)30-16-21-15-28-11-3-2-10-23(28)26-21/h2-11,13-15,17H,12,16H2,1H3,(H,27,29). The third-order valence-electron chi connectivity index (χ3n) is 4.78. The zero-order valence-corrected chi connectivity index (χ0v) is 16.6. The Kier molecular flexibility index (Phi) is 5.75. The third-order valence-corrected chi connectivity index (χ3v) is 4.78. The van der Waals surface area contributed by atoms with Crippen LogP contribution in [0.4, 0.5) is 10.1 Å². The minimum Gasteiger partial charge on any atom is -0.487 e. The molecular weight excluding hydrogens is 381 g/mol. The summed E-state index contributed by atoms with van der Waals surface area (Å²) in [7, 11) is 0. The Bertz CT molecular complexity index is 1140. The van der Waals surface area contributed by atoms with Crippen molar-refractivity contribution in [2.75, 3.05) is 5.32 Å². The highest BCUT2D eigenvalue weighted by molar-refractivity contribution is 5.92. The number of hydrogen-bond donors (Lipinski definition) is 1. The van der Waals surface area contributed by atoms with Crippen LogP contribution in [-0.2, 0) is 17.8 Å². The predicted octanol–water partition coefficient (Wildman–Crippen LogP) is 4.87. The number of benzene rings is 2. The largest absolute Gasteiger partial charge is 0.487 e. The Morgan fingerprint density at radius 2 is 2.00 bits per heavy atom. The van der Waals surface area contributed by atoms with Gasteiger partial charge in [-0.05, 0) is 48.4 Å². The van der Waals surface area contributed by atoms with Crippen LogP contribution in [0.1, 0.15) is 18.2 Å². The van der Waals surface area contributed by atoms with Crippen LogP contribution in [0.5, 0.6) is 5.75 Å². The van der Waals surface area contributed by atoms with Crippen LogP contribution in [-0.4, -0.2) is 15.3 Å². The first-order valence-corrected chi connectivity index (χ1v) is 9.77. The van der Waals surface area contributed by atoms with E-state index in [9.17, 15) is 9.18 Å². The summed E-state index contributed by atoms with van der Waals surface area (Å²) in [6.07, 6.45) is 4.33. The van der Waals surface area contributed by atoms with Gasteiger partial charge in [-0.25, -0.2) is 9.37 Å². The summed E-state index contributed by atoms with van der Waals surface area (Å²) in [5.41, 5.74) is 3.13. The highest BCUT2D eigenvalue weighted by atomic mass is 19.1. The second-order valence-electron chi connectivity index (χ2n) is 7.24. The Labute approximate surface area is 174 Å². The first-order valence-electron chi connectivity index (χ1n) is 9.77. The molecule has 4 rings (SSSR count). The highest BCUT2D eigenvalue weighted by Gasteiger charge is 2.14. The third kappa shape index (κ3) is 4.84. The molecule has 0 aliphatic heterocycles. The summed E-state index contributed by atoms with van der Waals surface area (Å²) in [5, 5.41) is 2.90. The molecule has 4 aromatic rings. The molecule has 0 spiro atoms. The molecule has 0 aliphatic carbocycles. The number of carbonyl (C=O) groups is 1. The number of fused-ring (bicyclic) bond motifs is 1. The smallest absolute Gasteiger partial charge is 0.227 e. The summed E-state index contributed by atoms with van der Waals surface area (Å²) in [6.45, 7) is 2.15. The van der Waals surface area contributed by atoms with Crippen LogP contribution in [0.2, 0.25) is 0 Å². The summed E-state index contributed by atoms with van der Waals surface area (Å²) < 4.78 is 21.1. The van der Waals surface area contributed by atoms with Crippen molar-refractivity contribution in [1.82, 2.24) is 9.38 Å². The van der Waals surface area contributed by atoms with Crippen molar-refractivity contribution in [1.29, 1.82) is 0 Å². The van der Waals surface area contributed by atoms with Gasteiger partial charge in [0.2, 0.25) is 5.91 Å². The van der Waals surface area contributed by atoms with Gasteiger partial charge in [-0.15, -0.1) is 0 Å². The lowest BCUT2D eigenvalue weighted by Crippen LogP contribution is -2.22. The number of carbonyl (C=O) groups excluding carboxylic acids is 1. The second kappa shape index (κ2) is 8.78. The predicted molar refractivity (Wildman–Crippen MR) is 114 cm³/mol. The molecule has 0 aliphatic rings. The maximum absolute atomic E-state index is 13.3. The molecule has 0 radical (unpaired) electrons. The first kappa shape index (κ1) is 19.6. The van der Waals surface area contributed by atoms with Gasteiger partial charge in [0.25, 0.3) is 0 Å². The van der Waals surface area contributed by atoms with E-state index in [4.69, 9.17) is 4.74 Å². The molecule has 0 saturated carbocycles. The second-order valence-corrected chi connectivity index (χ2v) is 7.24. The lowest BCUT2D eigenvalue weighted by atomic mass is 10.0. The maximum Gasteiger partial charge on any atom is 0.227 e. The molecule has 2 heterocycles. The molecule has 1 N–H and O–H groups in total. The van der Waals surface area contributed by atoms with Crippen LogP contribution < -0.4 is 10.1 Å². The zero-order chi connectivity index (χ0) is 20.9. The fourth-order valence-electron chi connectivity index (χ4n) is 3.25. The van der Waals surface area contributed by atoms with Gasteiger partial charge in [-0.1, -0.05) is 31.2 Å². The van der Waals surface area contributed by atoms with Crippen molar-refractivity contribution in [3.05, 3.63) is 96.2 Å². The van der Waals surface area contributed by atoms with Crippen molar-refractivity contribution in [3.63, 3.8) is 0 Å². The number of amides is 1. The van der Waals surface area contributed by atoms with E-state index in [2.05, 4.69) is 10.3 Å². The van der Waals surface area contributed by atoms with E-state index < -0.39 is 0 Å². The molecule has 1 atom stereocenters. The fourth-order valence-corrected chi connectivity index (χ4v) is 3.25. The topological polar surface area (TPSA) is 55.6 Å². The number of nitrogens with one attached hydrogen (secondary N) is 1.